The molecule has 14 nitrogen and oxygen atoms in total. The number of hydrogen-bond donors (Lipinski definition) is 2. The molecule has 0 radical (unpaired) electrons. The van der Waals surface area contributed by atoms with Crippen LogP contribution in [0.15, 0.2) is 41.2 Å². The van der Waals surface area contributed by atoms with Gasteiger partial charge in [-0.15, -0.1) is 0 Å². The number of carbonyl (C=O) groups is 1. The lowest BCUT2D eigenvalue weighted by molar-refractivity contribution is -0.123. The molecule has 1 amide bonds. The van der Waals surface area contributed by atoms with Gasteiger partial charge in [0, 0.05) is 31.0 Å². The van der Waals surface area contributed by atoms with Crippen LogP contribution in [-0.4, -0.2) is 61.8 Å². The molecule has 2 aromatic carbocycles. The van der Waals surface area contributed by atoms with Crippen LogP contribution in [-0.2, 0) is 40.8 Å². The number of hydrogen-bond acceptors (Lipinski definition) is 9. The van der Waals surface area contributed by atoms with Crippen molar-refractivity contribution in [3.05, 3.63) is 96.8 Å². The van der Waals surface area contributed by atoms with Crippen LogP contribution >= 0.6 is 23.2 Å². The molecule has 304 valence electrons. The Morgan fingerprint density at radius 1 is 1.07 bits per heavy atom. The maximum absolute atomic E-state index is 15.4. The number of halogens is 8. The van der Waals surface area contributed by atoms with Gasteiger partial charge >= 0.3 is 0 Å². The van der Waals surface area contributed by atoms with Gasteiger partial charge in [0.05, 0.1) is 46.4 Å². The number of benzene rings is 2. The van der Waals surface area contributed by atoms with E-state index in [1.165, 1.54) is 37.0 Å². The highest BCUT2D eigenvalue weighted by Gasteiger charge is 2.67. The predicted octanol–water partition coefficient (Wildman–Crippen LogP) is 6.08. The quantitative estimate of drug-likeness (QED) is 0.147. The van der Waals surface area contributed by atoms with Crippen LogP contribution < -0.4 is 20.3 Å². The molecule has 2 aliphatic rings. The average Bonchev–Trinajstić information content (AvgIpc) is 3.66. The van der Waals surface area contributed by atoms with Crippen LogP contribution in [0.1, 0.15) is 53.1 Å². The summed E-state index contributed by atoms with van der Waals surface area (Å²) in [6.07, 6.45) is -2.86. The Bertz CT molecular complexity index is 2890. The highest BCUT2D eigenvalue weighted by Crippen LogP contribution is 2.68. The smallest absolute Gasteiger partial charge is 0.293 e. The van der Waals surface area contributed by atoms with Crippen molar-refractivity contribution in [1.29, 1.82) is 0 Å². The number of carbonyl (C=O) groups excluding carboxylic acids is 1. The Labute approximate surface area is 332 Å². The third-order valence-electron chi connectivity index (χ3n) is 9.91. The molecule has 1 saturated carbocycles. The first-order chi connectivity index (χ1) is 27.3. The van der Waals surface area contributed by atoms with E-state index >= 15 is 8.78 Å². The summed E-state index contributed by atoms with van der Waals surface area (Å²) >= 11 is 12.9. The van der Waals surface area contributed by atoms with E-state index in [1.54, 1.807) is 0 Å². The molecule has 0 saturated heterocycles. The van der Waals surface area contributed by atoms with Crippen LogP contribution in [0.25, 0.3) is 27.6 Å². The summed E-state index contributed by atoms with van der Waals surface area (Å²) in [6, 6.07) is 4.81. The second-order valence-electron chi connectivity index (χ2n) is 13.9. The molecule has 1 fully saturated rings. The Morgan fingerprint density at radius 3 is 2.43 bits per heavy atom. The molecule has 0 bridgehead atoms. The van der Waals surface area contributed by atoms with E-state index in [-0.39, 0.29) is 72.7 Å². The number of ether oxygens (including phenoxy) is 1. The number of anilines is 1. The van der Waals surface area contributed by atoms with Crippen molar-refractivity contribution in [2.24, 2.45) is 13.0 Å². The van der Waals surface area contributed by atoms with E-state index in [0.717, 1.165) is 23.0 Å². The van der Waals surface area contributed by atoms with E-state index in [2.05, 4.69) is 30.2 Å². The normalized spacial score (nSPS) is 17.4. The molecular formula is C35H27Cl2F6N9O5S. The molecule has 0 spiro atoms. The SMILES string of the molecule is COc1nc2nc([C@H](Cc3cc(F)cc(F)c3)NC(=O)Cn3nc(C(F)F)c4c3C(F)(F)[C@@H]3C[C@H]43)n(-c3ccc(Cl)c4c(NS(C)(=O)=O)nn(C)c34)c(=O)c2cc1Cl. The fourth-order valence-corrected chi connectivity index (χ4v) is 8.57. The van der Waals surface area contributed by atoms with Crippen LogP contribution in [0.5, 0.6) is 5.88 Å². The molecule has 23 heteroatoms. The van der Waals surface area contributed by atoms with Gasteiger partial charge in [0.1, 0.15) is 40.4 Å². The highest BCUT2D eigenvalue weighted by molar-refractivity contribution is 7.92. The summed E-state index contributed by atoms with van der Waals surface area (Å²) < 4.78 is 123. The first kappa shape index (κ1) is 39.4. The van der Waals surface area contributed by atoms with E-state index < -0.39 is 87.7 Å². The van der Waals surface area contributed by atoms with Gasteiger partial charge in [0.2, 0.25) is 21.8 Å². The molecule has 6 aromatic rings. The van der Waals surface area contributed by atoms with E-state index in [0.29, 0.717) is 10.7 Å². The van der Waals surface area contributed by atoms with Crippen LogP contribution in [0.3, 0.4) is 0 Å². The van der Waals surface area contributed by atoms with E-state index in [1.807, 2.05) is 0 Å². The second kappa shape index (κ2) is 13.9. The summed E-state index contributed by atoms with van der Waals surface area (Å²) in [4.78, 5) is 37.6. The van der Waals surface area contributed by atoms with Gasteiger partial charge in [-0.3, -0.25) is 28.2 Å². The van der Waals surface area contributed by atoms with Crippen molar-refractivity contribution in [2.75, 3.05) is 18.1 Å². The average molecular weight is 871 g/mol. The minimum absolute atomic E-state index is 0.000226. The molecule has 8 rings (SSSR count). The van der Waals surface area contributed by atoms with Crippen molar-refractivity contribution in [1.82, 2.24) is 39.4 Å². The summed E-state index contributed by atoms with van der Waals surface area (Å²) in [5, 5.41) is 10.3. The third-order valence-corrected chi connectivity index (χ3v) is 11.1. The summed E-state index contributed by atoms with van der Waals surface area (Å²) in [5.74, 6) is -9.44. The molecule has 2 N–H and O–H groups in total. The summed E-state index contributed by atoms with van der Waals surface area (Å²) in [7, 11) is -1.25. The van der Waals surface area contributed by atoms with E-state index in [9.17, 15) is 35.6 Å². The number of amides is 1. The van der Waals surface area contributed by atoms with Gasteiger partial charge in [-0.05, 0) is 48.2 Å². The van der Waals surface area contributed by atoms with Crippen molar-refractivity contribution >= 4 is 66.9 Å². The van der Waals surface area contributed by atoms with Gasteiger partial charge in [0.25, 0.3) is 17.9 Å². The number of nitrogens with one attached hydrogen (secondary N) is 2. The minimum Gasteiger partial charge on any atom is -0.480 e. The lowest BCUT2D eigenvalue weighted by Crippen LogP contribution is -2.38. The topological polar surface area (TPSA) is 168 Å². The lowest BCUT2D eigenvalue weighted by Gasteiger charge is -2.24. The fourth-order valence-electron chi connectivity index (χ4n) is 7.61. The lowest BCUT2D eigenvalue weighted by atomic mass is 10.0. The number of aryl methyl sites for hydroxylation is 1. The number of nitrogens with zero attached hydrogens (tertiary/aromatic N) is 7. The van der Waals surface area contributed by atoms with Crippen LogP contribution in [0.2, 0.25) is 10.0 Å². The third kappa shape index (κ3) is 6.67. The van der Waals surface area contributed by atoms with Gasteiger partial charge < -0.3 is 10.1 Å². The van der Waals surface area contributed by atoms with Gasteiger partial charge in [-0.25, -0.2) is 31.0 Å². The highest BCUT2D eigenvalue weighted by atomic mass is 35.5. The number of rotatable bonds is 11. The maximum Gasteiger partial charge on any atom is 0.293 e. The number of fused-ring (bicyclic) bond motifs is 5. The van der Waals surface area contributed by atoms with Crippen molar-refractivity contribution in [2.45, 2.75) is 43.7 Å². The molecule has 4 heterocycles. The first-order valence-electron chi connectivity index (χ1n) is 17.1. The summed E-state index contributed by atoms with van der Waals surface area (Å²) in [6.45, 7) is -1.01. The van der Waals surface area contributed by atoms with Crippen LogP contribution in [0, 0.1) is 17.6 Å². The van der Waals surface area contributed by atoms with Gasteiger partial charge in [0.15, 0.2) is 11.5 Å². The zero-order valence-electron chi connectivity index (χ0n) is 30.0. The number of pyridine rings is 1. The summed E-state index contributed by atoms with van der Waals surface area (Å²) in [5.41, 5.74) is -3.20. The van der Waals surface area contributed by atoms with Crippen molar-refractivity contribution in [3.63, 3.8) is 0 Å². The molecule has 3 atom stereocenters. The molecule has 0 aliphatic heterocycles. The zero-order valence-corrected chi connectivity index (χ0v) is 32.3. The number of methoxy groups -OCH3 is 1. The Balaban J connectivity index is 1.34. The van der Waals surface area contributed by atoms with Gasteiger partial charge in [-0.2, -0.15) is 24.0 Å². The van der Waals surface area contributed by atoms with Crippen LogP contribution in [0.4, 0.5) is 32.2 Å². The fraction of sp³-hybridized carbons (Fsp3) is 0.314. The first-order valence-corrected chi connectivity index (χ1v) is 19.7. The Morgan fingerprint density at radius 2 is 1.78 bits per heavy atom. The number of sulfonamides is 1. The number of aromatic nitrogens is 7. The second-order valence-corrected chi connectivity index (χ2v) is 16.4. The largest absolute Gasteiger partial charge is 0.480 e. The Hall–Kier alpha value is -5.41. The number of alkyl halides is 4. The van der Waals surface area contributed by atoms with Crippen molar-refractivity contribution < 1.29 is 44.3 Å². The molecule has 4 aromatic heterocycles. The zero-order chi connectivity index (χ0) is 41.7. The molecular weight excluding hydrogens is 843 g/mol. The van der Waals surface area contributed by atoms with E-state index in [4.69, 9.17) is 27.9 Å². The predicted molar refractivity (Wildman–Crippen MR) is 197 cm³/mol. The monoisotopic (exact) mass is 869 g/mol. The molecule has 58 heavy (non-hydrogen) atoms. The molecule has 2 aliphatic carbocycles. The minimum atomic E-state index is -3.92. The van der Waals surface area contributed by atoms with Gasteiger partial charge in [-0.1, -0.05) is 23.2 Å². The van der Waals surface area contributed by atoms with Crippen molar-refractivity contribution in [3.8, 4) is 11.6 Å². The maximum atomic E-state index is 15.4. The Kier molecular flexibility index (Phi) is 9.42. The standard InChI is InChI=1S/C35H27Cl2F6N9O5S/c1-50-27-22(5-4-19(36)25(27)31(48-50)49-58(3,55)56)52-32(45-30-17(34(52)54)11-20(37)33(46-30)57-2)21(8-13-6-14(38)9-15(39)7-13)44-23(53)12-51-28-24(26(47-51)29(40)41)16-10-18(16)35(28,42)43/h4-7,9,11,16,18,21,29H,8,10,12H2,1-3H3,(H,44,53)(H,48,49)/t16-,18+,21-/m0/s1. The molecule has 0 unspecified atom stereocenters.